The van der Waals surface area contributed by atoms with Gasteiger partial charge in [-0.15, -0.1) is 0 Å². The van der Waals surface area contributed by atoms with Crippen LogP contribution >= 0.6 is 0 Å². The van der Waals surface area contributed by atoms with E-state index in [0.29, 0.717) is 0 Å². The van der Waals surface area contributed by atoms with Crippen LogP contribution in [-0.4, -0.2) is 23.9 Å². The summed E-state index contributed by atoms with van der Waals surface area (Å²) >= 11 is 0. The summed E-state index contributed by atoms with van der Waals surface area (Å²) in [6, 6.07) is 7.49. The molecule has 0 radical (unpaired) electrons. The van der Waals surface area contributed by atoms with Crippen molar-refractivity contribution in [1.29, 1.82) is 0 Å². The van der Waals surface area contributed by atoms with Crippen LogP contribution in [0, 0.1) is 10.1 Å². The lowest BCUT2D eigenvalue weighted by Gasteiger charge is -2.09. The van der Waals surface area contributed by atoms with Gasteiger partial charge >= 0.3 is 0 Å². The highest BCUT2D eigenvalue weighted by atomic mass is 16.6. The maximum Gasteiger partial charge on any atom is 0.228 e. The quantitative estimate of drug-likeness (QED) is 0.539. The van der Waals surface area contributed by atoms with Crippen LogP contribution in [0.2, 0.25) is 0 Å². The molecule has 1 aromatic carbocycles. The van der Waals surface area contributed by atoms with Crippen molar-refractivity contribution in [3.8, 4) is 0 Å². The molecule has 0 amide bonds. The van der Waals surface area contributed by atoms with E-state index >= 15 is 0 Å². The van der Waals surface area contributed by atoms with Gasteiger partial charge in [-0.2, -0.15) is 0 Å². The van der Waals surface area contributed by atoms with Crippen LogP contribution in [-0.2, 0) is 13.1 Å². The minimum Gasteiger partial charge on any atom is -0.305 e. The van der Waals surface area contributed by atoms with Gasteiger partial charge < -0.3 is 4.90 Å². The highest BCUT2D eigenvalue weighted by molar-refractivity contribution is 5.22. The summed E-state index contributed by atoms with van der Waals surface area (Å²) in [5.41, 5.74) is 1.86. The molecule has 14 heavy (non-hydrogen) atoms. The molecule has 0 heterocycles. The summed E-state index contributed by atoms with van der Waals surface area (Å²) in [4.78, 5) is 12.0. The minimum atomic E-state index is -0.311. The van der Waals surface area contributed by atoms with Gasteiger partial charge in [-0.25, -0.2) is 0 Å². The number of benzene rings is 1. The number of nitrogens with zero attached hydrogens (tertiary/aromatic N) is 2. The van der Waals surface area contributed by atoms with Crippen LogP contribution in [0.3, 0.4) is 0 Å². The summed E-state index contributed by atoms with van der Waals surface area (Å²) < 4.78 is 0. The molecule has 0 aliphatic rings. The predicted octanol–water partition coefficient (Wildman–Crippen LogP) is 1.52. The van der Waals surface area contributed by atoms with E-state index in [-0.39, 0.29) is 11.5 Å². The van der Waals surface area contributed by atoms with E-state index in [4.69, 9.17) is 0 Å². The fourth-order valence-corrected chi connectivity index (χ4v) is 1.34. The van der Waals surface area contributed by atoms with Gasteiger partial charge in [0.15, 0.2) is 0 Å². The van der Waals surface area contributed by atoms with Crippen LogP contribution in [0.4, 0.5) is 0 Å². The number of rotatable bonds is 4. The number of hydrogen-bond acceptors (Lipinski definition) is 3. The van der Waals surface area contributed by atoms with Crippen LogP contribution in [0.15, 0.2) is 24.3 Å². The van der Waals surface area contributed by atoms with Crippen LogP contribution in [0.1, 0.15) is 11.1 Å². The van der Waals surface area contributed by atoms with Crippen molar-refractivity contribution < 1.29 is 4.92 Å². The van der Waals surface area contributed by atoms with Gasteiger partial charge in [0.25, 0.3) is 0 Å². The zero-order chi connectivity index (χ0) is 10.6. The first-order valence-corrected chi connectivity index (χ1v) is 4.42. The molecule has 0 bridgehead atoms. The van der Waals surface area contributed by atoms with Crippen molar-refractivity contribution in [3.63, 3.8) is 0 Å². The molecule has 0 aliphatic carbocycles. The summed E-state index contributed by atoms with van der Waals surface area (Å²) in [7, 11) is 3.94. The fourth-order valence-electron chi connectivity index (χ4n) is 1.34. The minimum absolute atomic E-state index is 0.0960. The molecule has 0 saturated heterocycles. The van der Waals surface area contributed by atoms with Gasteiger partial charge in [0.1, 0.15) is 0 Å². The Bertz CT molecular complexity index is 324. The van der Waals surface area contributed by atoms with Gasteiger partial charge in [-0.1, -0.05) is 18.2 Å². The molecule has 4 nitrogen and oxygen atoms in total. The van der Waals surface area contributed by atoms with Crippen LogP contribution in [0.5, 0.6) is 0 Å². The van der Waals surface area contributed by atoms with Crippen molar-refractivity contribution in [3.05, 3.63) is 45.5 Å². The lowest BCUT2D eigenvalue weighted by Crippen LogP contribution is -2.11. The fraction of sp³-hybridized carbons (Fsp3) is 0.400. The molecule has 0 spiro atoms. The van der Waals surface area contributed by atoms with Crippen LogP contribution < -0.4 is 0 Å². The average molecular weight is 194 g/mol. The average Bonchev–Trinajstić information content (AvgIpc) is 2.01. The third-order valence-corrected chi connectivity index (χ3v) is 1.80. The lowest BCUT2D eigenvalue weighted by molar-refractivity contribution is -0.496. The first-order valence-electron chi connectivity index (χ1n) is 4.42. The van der Waals surface area contributed by atoms with E-state index < -0.39 is 0 Å². The topological polar surface area (TPSA) is 46.4 Å². The highest BCUT2D eigenvalue weighted by Gasteiger charge is 2.02. The summed E-state index contributed by atoms with van der Waals surface area (Å²) in [5, 5.41) is 10.3. The summed E-state index contributed by atoms with van der Waals surface area (Å²) in [5.74, 6) is 0. The third kappa shape index (κ3) is 3.53. The molecule has 76 valence electrons. The Morgan fingerprint density at radius 2 is 2.00 bits per heavy atom. The van der Waals surface area contributed by atoms with Crippen LogP contribution in [0.25, 0.3) is 0 Å². The van der Waals surface area contributed by atoms with E-state index in [1.807, 2.05) is 37.2 Å². The molecule has 0 N–H and O–H groups in total. The largest absolute Gasteiger partial charge is 0.305 e. The van der Waals surface area contributed by atoms with Crippen molar-refractivity contribution in [1.82, 2.24) is 4.90 Å². The molecule has 0 aromatic heterocycles. The smallest absolute Gasteiger partial charge is 0.228 e. The molecule has 0 fully saturated rings. The molecule has 0 atom stereocenters. The molecule has 1 aromatic rings. The standard InChI is InChI=1S/C10H14N2O2/c1-11(2)7-9-4-3-5-10(6-9)8-12(13)14/h3-6H,7-8H2,1-2H3. The Labute approximate surface area is 83.3 Å². The van der Waals surface area contributed by atoms with Gasteiger partial charge in [-0.3, -0.25) is 10.1 Å². The number of nitro groups is 1. The normalized spacial score (nSPS) is 10.5. The summed E-state index contributed by atoms with van der Waals surface area (Å²) in [6.07, 6.45) is 0. The summed E-state index contributed by atoms with van der Waals surface area (Å²) in [6.45, 7) is 0.715. The van der Waals surface area contributed by atoms with E-state index in [2.05, 4.69) is 0 Å². The Morgan fingerprint density at radius 3 is 2.57 bits per heavy atom. The molecular weight excluding hydrogens is 180 g/mol. The van der Waals surface area contributed by atoms with Crippen molar-refractivity contribution in [2.75, 3.05) is 14.1 Å². The molecule has 0 unspecified atom stereocenters. The molecule has 0 saturated carbocycles. The Hall–Kier alpha value is -1.42. The second kappa shape index (κ2) is 4.72. The Kier molecular flexibility index (Phi) is 3.59. The number of hydrogen-bond donors (Lipinski definition) is 0. The van der Waals surface area contributed by atoms with Gasteiger partial charge in [0, 0.05) is 17.0 Å². The molecule has 0 aliphatic heterocycles. The molecule has 4 heteroatoms. The van der Waals surface area contributed by atoms with Gasteiger partial charge in [-0.05, 0) is 25.7 Å². The SMILES string of the molecule is CN(C)Cc1cccc(C[N+](=O)[O-])c1. The first kappa shape index (κ1) is 10.7. The zero-order valence-corrected chi connectivity index (χ0v) is 8.43. The monoisotopic (exact) mass is 194 g/mol. The second-order valence-electron chi connectivity index (χ2n) is 3.55. The van der Waals surface area contributed by atoms with E-state index in [1.54, 1.807) is 6.07 Å². The van der Waals surface area contributed by atoms with E-state index in [1.165, 1.54) is 0 Å². The molecular formula is C10H14N2O2. The highest BCUT2D eigenvalue weighted by Crippen LogP contribution is 2.07. The maximum atomic E-state index is 10.3. The van der Waals surface area contributed by atoms with Crippen molar-refractivity contribution >= 4 is 0 Å². The Balaban J connectivity index is 2.73. The maximum absolute atomic E-state index is 10.3. The lowest BCUT2D eigenvalue weighted by atomic mass is 10.1. The van der Waals surface area contributed by atoms with Crippen molar-refractivity contribution in [2.45, 2.75) is 13.1 Å². The molecule has 1 rings (SSSR count). The van der Waals surface area contributed by atoms with Crippen molar-refractivity contribution in [2.24, 2.45) is 0 Å². The Morgan fingerprint density at radius 1 is 1.36 bits per heavy atom. The second-order valence-corrected chi connectivity index (χ2v) is 3.55. The predicted molar refractivity (Wildman–Crippen MR) is 54.5 cm³/mol. The van der Waals surface area contributed by atoms with E-state index in [0.717, 1.165) is 17.7 Å². The third-order valence-electron chi connectivity index (χ3n) is 1.80. The first-order chi connectivity index (χ1) is 6.58. The zero-order valence-electron chi connectivity index (χ0n) is 8.43. The van der Waals surface area contributed by atoms with Gasteiger partial charge in [0.05, 0.1) is 0 Å². The van der Waals surface area contributed by atoms with Gasteiger partial charge in [0.2, 0.25) is 6.54 Å². The van der Waals surface area contributed by atoms with E-state index in [9.17, 15) is 10.1 Å².